The van der Waals surface area contributed by atoms with Crippen molar-refractivity contribution in [1.29, 1.82) is 0 Å². The molecule has 0 spiro atoms. The normalized spacial score (nSPS) is 20.3. The summed E-state index contributed by atoms with van der Waals surface area (Å²) >= 11 is 0. The zero-order valence-electron chi connectivity index (χ0n) is 14.2. The highest BCUT2D eigenvalue weighted by Crippen LogP contribution is 2.34. The summed E-state index contributed by atoms with van der Waals surface area (Å²) in [5, 5.41) is 15.3. The van der Waals surface area contributed by atoms with E-state index in [-0.39, 0.29) is 11.7 Å². The van der Waals surface area contributed by atoms with E-state index >= 15 is 0 Å². The van der Waals surface area contributed by atoms with Crippen LogP contribution in [0.5, 0.6) is 0 Å². The number of carboxylic acids is 1. The molecule has 0 unspecified atom stereocenters. The number of hydrogen-bond acceptors (Lipinski definition) is 3. The van der Waals surface area contributed by atoms with E-state index in [0.717, 1.165) is 6.20 Å². The summed E-state index contributed by atoms with van der Waals surface area (Å²) in [4.78, 5) is 23.4. The number of hydrogen-bond donors (Lipinski definition) is 2. The predicted molar refractivity (Wildman–Crippen MR) is 89.4 cm³/mol. The number of para-hydroxylation sites is 1. The van der Waals surface area contributed by atoms with Gasteiger partial charge in [0.2, 0.25) is 0 Å². The van der Waals surface area contributed by atoms with Gasteiger partial charge in [-0.1, -0.05) is 18.2 Å². The number of amides is 1. The van der Waals surface area contributed by atoms with Crippen LogP contribution in [0, 0.1) is 5.92 Å². The lowest BCUT2D eigenvalue weighted by atomic mass is 9.86. The van der Waals surface area contributed by atoms with Crippen molar-refractivity contribution >= 4 is 11.9 Å². The number of nitrogens with zero attached hydrogens (tertiary/aromatic N) is 2. The van der Waals surface area contributed by atoms with Crippen molar-refractivity contribution in [3.05, 3.63) is 47.8 Å². The molecule has 144 valence electrons. The number of halogens is 3. The fraction of sp³-hybridized carbons (Fsp3) is 0.389. The fourth-order valence-electron chi connectivity index (χ4n) is 3.30. The number of carbonyl (C=O) groups excluding carboxylic acids is 1. The standard InChI is InChI=1S/C18H18F3N3O3/c19-18(20,21)15-14(10-22-24(15)13-4-2-1-3-5-13)16(25)23-12-8-6-11(7-9-12)17(26)27/h1-5,10-12H,6-9H2,(H,23,25)(H,26,27). The number of benzene rings is 1. The Hall–Kier alpha value is -2.84. The van der Waals surface area contributed by atoms with E-state index in [9.17, 15) is 22.8 Å². The lowest BCUT2D eigenvalue weighted by Gasteiger charge is -2.26. The Morgan fingerprint density at radius 2 is 1.74 bits per heavy atom. The average molecular weight is 381 g/mol. The molecule has 0 bridgehead atoms. The van der Waals surface area contributed by atoms with E-state index in [0.29, 0.717) is 30.4 Å². The topological polar surface area (TPSA) is 84.2 Å². The molecule has 1 aromatic heterocycles. The first-order valence-corrected chi connectivity index (χ1v) is 8.51. The Labute approximate surface area is 153 Å². The average Bonchev–Trinajstić information content (AvgIpc) is 3.08. The summed E-state index contributed by atoms with van der Waals surface area (Å²) in [6, 6.07) is 7.42. The number of rotatable bonds is 4. The van der Waals surface area contributed by atoms with Crippen molar-refractivity contribution in [2.45, 2.75) is 37.9 Å². The highest BCUT2D eigenvalue weighted by Gasteiger charge is 2.41. The van der Waals surface area contributed by atoms with Crippen molar-refractivity contribution in [2.75, 3.05) is 0 Å². The third kappa shape index (κ3) is 4.12. The Morgan fingerprint density at radius 1 is 1.11 bits per heavy atom. The number of aliphatic carboxylic acids is 1. The summed E-state index contributed by atoms with van der Waals surface area (Å²) in [6.45, 7) is 0. The maximum Gasteiger partial charge on any atom is 0.434 e. The second-order valence-corrected chi connectivity index (χ2v) is 6.51. The molecule has 27 heavy (non-hydrogen) atoms. The van der Waals surface area contributed by atoms with Gasteiger partial charge in [-0.2, -0.15) is 18.3 Å². The zero-order valence-corrected chi connectivity index (χ0v) is 14.2. The second-order valence-electron chi connectivity index (χ2n) is 6.51. The van der Waals surface area contributed by atoms with E-state index in [1.54, 1.807) is 18.2 Å². The summed E-state index contributed by atoms with van der Waals surface area (Å²) in [5.74, 6) is -2.21. The van der Waals surface area contributed by atoms with Gasteiger partial charge in [0.15, 0.2) is 5.69 Å². The molecule has 3 rings (SSSR count). The quantitative estimate of drug-likeness (QED) is 0.851. The maximum atomic E-state index is 13.6. The lowest BCUT2D eigenvalue weighted by Crippen LogP contribution is -2.39. The highest BCUT2D eigenvalue weighted by molar-refractivity contribution is 5.95. The number of carboxylic acid groups (broad SMARTS) is 1. The molecule has 1 heterocycles. The molecule has 1 aliphatic carbocycles. The van der Waals surface area contributed by atoms with Crippen LogP contribution < -0.4 is 5.32 Å². The molecule has 1 fully saturated rings. The first kappa shape index (κ1) is 18.9. The molecule has 1 aliphatic rings. The SMILES string of the molecule is O=C(NC1CCC(C(=O)O)CC1)c1cnn(-c2ccccc2)c1C(F)(F)F. The minimum Gasteiger partial charge on any atom is -0.481 e. The number of nitrogens with one attached hydrogen (secondary N) is 1. The van der Waals surface area contributed by atoms with Crippen molar-refractivity contribution in [1.82, 2.24) is 15.1 Å². The van der Waals surface area contributed by atoms with Crippen LogP contribution in [0.2, 0.25) is 0 Å². The van der Waals surface area contributed by atoms with Gasteiger partial charge in [0, 0.05) is 6.04 Å². The Morgan fingerprint density at radius 3 is 2.30 bits per heavy atom. The fourth-order valence-corrected chi connectivity index (χ4v) is 3.30. The molecule has 9 heteroatoms. The molecule has 6 nitrogen and oxygen atoms in total. The van der Waals surface area contributed by atoms with Gasteiger partial charge in [0.05, 0.1) is 23.4 Å². The van der Waals surface area contributed by atoms with Gasteiger partial charge in [-0.15, -0.1) is 0 Å². The van der Waals surface area contributed by atoms with Crippen LogP contribution in [0.4, 0.5) is 13.2 Å². The van der Waals surface area contributed by atoms with Crippen LogP contribution in [0.1, 0.15) is 41.7 Å². The monoisotopic (exact) mass is 381 g/mol. The minimum atomic E-state index is -4.76. The number of aromatic nitrogens is 2. The first-order valence-electron chi connectivity index (χ1n) is 8.51. The molecule has 0 atom stereocenters. The van der Waals surface area contributed by atoms with Crippen LogP contribution in [0.15, 0.2) is 36.5 Å². The largest absolute Gasteiger partial charge is 0.481 e. The van der Waals surface area contributed by atoms with Crippen LogP contribution in [-0.4, -0.2) is 32.8 Å². The Bertz CT molecular complexity index is 825. The van der Waals surface area contributed by atoms with Crippen LogP contribution in [0.25, 0.3) is 5.69 Å². The van der Waals surface area contributed by atoms with Crippen LogP contribution >= 0.6 is 0 Å². The van der Waals surface area contributed by atoms with E-state index in [2.05, 4.69) is 10.4 Å². The molecular weight excluding hydrogens is 363 g/mol. The molecule has 0 radical (unpaired) electrons. The van der Waals surface area contributed by atoms with E-state index in [1.165, 1.54) is 12.1 Å². The third-order valence-corrected chi connectivity index (χ3v) is 4.69. The molecule has 1 saturated carbocycles. The summed E-state index contributed by atoms with van der Waals surface area (Å²) in [5.41, 5.74) is -1.48. The maximum absolute atomic E-state index is 13.6. The van der Waals surface area contributed by atoms with Crippen molar-refractivity contribution < 1.29 is 27.9 Å². The molecule has 1 amide bonds. The highest BCUT2D eigenvalue weighted by atomic mass is 19.4. The van der Waals surface area contributed by atoms with Crippen LogP contribution in [0.3, 0.4) is 0 Å². The van der Waals surface area contributed by atoms with Gasteiger partial charge in [0.1, 0.15) is 0 Å². The Balaban J connectivity index is 1.81. The molecule has 1 aromatic carbocycles. The Kier molecular flexibility index (Phi) is 5.20. The van der Waals surface area contributed by atoms with E-state index < -0.39 is 35.2 Å². The summed E-state index contributed by atoms with van der Waals surface area (Å²) in [7, 11) is 0. The summed E-state index contributed by atoms with van der Waals surface area (Å²) < 4.78 is 41.5. The van der Waals surface area contributed by atoms with E-state index in [4.69, 9.17) is 5.11 Å². The zero-order chi connectivity index (χ0) is 19.6. The van der Waals surface area contributed by atoms with Gasteiger partial charge in [0.25, 0.3) is 5.91 Å². The van der Waals surface area contributed by atoms with Crippen molar-refractivity contribution in [3.63, 3.8) is 0 Å². The van der Waals surface area contributed by atoms with Crippen LogP contribution in [-0.2, 0) is 11.0 Å². The third-order valence-electron chi connectivity index (χ3n) is 4.69. The predicted octanol–water partition coefficient (Wildman–Crippen LogP) is 3.26. The lowest BCUT2D eigenvalue weighted by molar-refractivity contribution is -0.144. The molecular formula is C18H18F3N3O3. The molecule has 2 aromatic rings. The second kappa shape index (κ2) is 7.42. The molecule has 0 aliphatic heterocycles. The van der Waals surface area contributed by atoms with E-state index in [1.807, 2.05) is 0 Å². The van der Waals surface area contributed by atoms with Gasteiger partial charge in [-0.25, -0.2) is 4.68 Å². The molecule has 0 saturated heterocycles. The van der Waals surface area contributed by atoms with Crippen molar-refractivity contribution in [2.24, 2.45) is 5.92 Å². The van der Waals surface area contributed by atoms with Gasteiger partial charge >= 0.3 is 12.1 Å². The summed E-state index contributed by atoms with van der Waals surface area (Å²) in [6.07, 6.45) is -2.26. The minimum absolute atomic E-state index is 0.200. The van der Waals surface area contributed by atoms with Gasteiger partial charge in [-0.05, 0) is 37.8 Å². The number of alkyl halides is 3. The van der Waals surface area contributed by atoms with Crippen molar-refractivity contribution in [3.8, 4) is 5.69 Å². The van der Waals surface area contributed by atoms with Gasteiger partial charge in [-0.3, -0.25) is 9.59 Å². The first-order chi connectivity index (χ1) is 12.8. The van der Waals surface area contributed by atoms with Gasteiger partial charge < -0.3 is 10.4 Å². The molecule has 2 N–H and O–H groups in total. The number of carbonyl (C=O) groups is 2. The smallest absolute Gasteiger partial charge is 0.434 e.